The van der Waals surface area contributed by atoms with Crippen LogP contribution in [0.5, 0.6) is 0 Å². The number of unbranched alkanes of at least 4 members (excludes halogenated alkanes) is 1. The van der Waals surface area contributed by atoms with Gasteiger partial charge in [0.05, 0.1) is 5.02 Å². The molecular formula is C16H19ClFN5O2S. The van der Waals surface area contributed by atoms with E-state index in [0.29, 0.717) is 12.2 Å². The normalized spacial score (nSPS) is 10.6. The SMILES string of the molecule is CCCCn1c(N)c(N(C)C(=S)Nc2ccc(F)c(Cl)c2)c(=O)[nH]c1=O. The minimum atomic E-state index is -0.649. The Balaban J connectivity index is 2.34. The van der Waals surface area contributed by atoms with Gasteiger partial charge in [-0.2, -0.15) is 0 Å². The predicted octanol–water partition coefficient (Wildman–Crippen LogP) is 2.54. The molecule has 0 bridgehead atoms. The lowest BCUT2D eigenvalue weighted by atomic mass is 10.3. The Labute approximate surface area is 159 Å². The third-order valence-electron chi connectivity index (χ3n) is 3.76. The first-order chi connectivity index (χ1) is 12.3. The zero-order valence-electron chi connectivity index (χ0n) is 14.3. The van der Waals surface area contributed by atoms with Crippen LogP contribution in [0.15, 0.2) is 27.8 Å². The second-order valence-corrected chi connectivity index (χ2v) is 6.41. The summed E-state index contributed by atoms with van der Waals surface area (Å²) in [5, 5.41) is 2.92. The zero-order chi connectivity index (χ0) is 19.4. The molecule has 2 aromatic rings. The summed E-state index contributed by atoms with van der Waals surface area (Å²) < 4.78 is 14.6. The van der Waals surface area contributed by atoms with Gasteiger partial charge in [-0.25, -0.2) is 9.18 Å². The lowest BCUT2D eigenvalue weighted by molar-refractivity contribution is 0.605. The van der Waals surface area contributed by atoms with E-state index in [-0.39, 0.29) is 21.6 Å². The Morgan fingerprint density at radius 3 is 2.77 bits per heavy atom. The molecule has 0 aliphatic heterocycles. The van der Waals surface area contributed by atoms with Gasteiger partial charge in [0.15, 0.2) is 5.11 Å². The van der Waals surface area contributed by atoms with Crippen molar-refractivity contribution in [2.24, 2.45) is 0 Å². The Bertz CT molecular complexity index is 943. The number of aromatic nitrogens is 2. The lowest BCUT2D eigenvalue weighted by Crippen LogP contribution is -2.40. The van der Waals surface area contributed by atoms with Gasteiger partial charge in [0.1, 0.15) is 17.3 Å². The van der Waals surface area contributed by atoms with E-state index in [2.05, 4.69) is 10.3 Å². The minimum Gasteiger partial charge on any atom is -0.383 e. The number of hydrogen-bond acceptors (Lipinski definition) is 4. The van der Waals surface area contributed by atoms with Crippen molar-refractivity contribution < 1.29 is 4.39 Å². The van der Waals surface area contributed by atoms with Crippen molar-refractivity contribution in [2.75, 3.05) is 23.0 Å². The number of benzene rings is 1. The quantitative estimate of drug-likeness (QED) is 0.668. The van der Waals surface area contributed by atoms with Crippen molar-refractivity contribution in [3.8, 4) is 0 Å². The summed E-state index contributed by atoms with van der Waals surface area (Å²) in [5.41, 5.74) is 5.32. The van der Waals surface area contributed by atoms with Gasteiger partial charge < -0.3 is 16.0 Å². The van der Waals surface area contributed by atoms with Crippen molar-refractivity contribution >= 4 is 46.1 Å². The van der Waals surface area contributed by atoms with Crippen LogP contribution in [-0.2, 0) is 6.54 Å². The van der Waals surface area contributed by atoms with Gasteiger partial charge in [0, 0.05) is 19.3 Å². The average Bonchev–Trinajstić information content (AvgIpc) is 2.57. The fourth-order valence-corrected chi connectivity index (χ4v) is 2.71. The first-order valence-electron chi connectivity index (χ1n) is 7.88. The van der Waals surface area contributed by atoms with Crippen LogP contribution < -0.4 is 27.2 Å². The largest absolute Gasteiger partial charge is 0.383 e. The van der Waals surface area contributed by atoms with Gasteiger partial charge in [0.2, 0.25) is 0 Å². The average molecular weight is 400 g/mol. The van der Waals surface area contributed by atoms with Crippen LogP contribution in [0.3, 0.4) is 0 Å². The Kier molecular flexibility index (Phi) is 6.38. The summed E-state index contributed by atoms with van der Waals surface area (Å²) in [6.45, 7) is 2.36. The molecule has 1 aromatic heterocycles. The standard InChI is InChI=1S/C16H19ClFN5O2S/c1-3-4-7-23-13(19)12(14(24)21-15(23)25)22(2)16(26)20-9-5-6-11(18)10(17)8-9/h5-6,8H,3-4,7,19H2,1-2H3,(H,20,26)(H,21,24,25). The van der Waals surface area contributed by atoms with Crippen molar-refractivity contribution in [3.63, 3.8) is 0 Å². The summed E-state index contributed by atoms with van der Waals surface area (Å²) >= 11 is 11.0. The van der Waals surface area contributed by atoms with E-state index < -0.39 is 17.1 Å². The molecule has 140 valence electrons. The summed E-state index contributed by atoms with van der Waals surface area (Å²) in [6, 6.07) is 4.02. The maximum atomic E-state index is 13.3. The van der Waals surface area contributed by atoms with E-state index in [1.54, 1.807) is 0 Å². The van der Waals surface area contributed by atoms with Crippen LogP contribution in [0.25, 0.3) is 0 Å². The molecule has 0 saturated heterocycles. The van der Waals surface area contributed by atoms with Gasteiger partial charge in [-0.3, -0.25) is 14.3 Å². The van der Waals surface area contributed by atoms with Crippen molar-refractivity contribution in [2.45, 2.75) is 26.3 Å². The van der Waals surface area contributed by atoms with E-state index in [1.165, 1.54) is 34.7 Å². The molecule has 0 aliphatic rings. The number of nitrogens with zero attached hydrogens (tertiary/aromatic N) is 2. The molecule has 1 aromatic carbocycles. The fourth-order valence-electron chi connectivity index (χ4n) is 2.32. The number of halogens is 2. The van der Waals surface area contributed by atoms with Crippen molar-refractivity contribution in [1.29, 1.82) is 0 Å². The van der Waals surface area contributed by atoms with Crippen LogP contribution >= 0.6 is 23.8 Å². The van der Waals surface area contributed by atoms with Gasteiger partial charge in [-0.1, -0.05) is 24.9 Å². The molecule has 0 saturated carbocycles. The minimum absolute atomic E-state index is 0.0241. The molecule has 0 atom stereocenters. The molecule has 1 heterocycles. The summed E-state index contributed by atoms with van der Waals surface area (Å²) in [6.07, 6.45) is 1.59. The molecule has 0 fully saturated rings. The van der Waals surface area contributed by atoms with Crippen LogP contribution in [0.2, 0.25) is 5.02 Å². The number of thiocarbonyl (C=S) groups is 1. The monoisotopic (exact) mass is 399 g/mol. The first-order valence-corrected chi connectivity index (χ1v) is 8.67. The van der Waals surface area contributed by atoms with E-state index in [9.17, 15) is 14.0 Å². The lowest BCUT2D eigenvalue weighted by Gasteiger charge is -2.23. The van der Waals surface area contributed by atoms with Crippen LogP contribution in [0, 0.1) is 5.82 Å². The summed E-state index contributed by atoms with van der Waals surface area (Å²) in [5.74, 6) is -0.531. The first kappa shape index (κ1) is 19.9. The third-order valence-corrected chi connectivity index (χ3v) is 4.43. The summed E-state index contributed by atoms with van der Waals surface area (Å²) in [4.78, 5) is 27.8. The van der Waals surface area contributed by atoms with E-state index >= 15 is 0 Å². The Morgan fingerprint density at radius 1 is 1.46 bits per heavy atom. The highest BCUT2D eigenvalue weighted by Crippen LogP contribution is 2.21. The highest BCUT2D eigenvalue weighted by molar-refractivity contribution is 7.80. The molecule has 0 unspecified atom stereocenters. The number of H-pyrrole nitrogens is 1. The van der Waals surface area contributed by atoms with Crippen molar-refractivity contribution in [3.05, 3.63) is 49.9 Å². The molecule has 2 rings (SSSR count). The van der Waals surface area contributed by atoms with Crippen molar-refractivity contribution in [1.82, 2.24) is 9.55 Å². The smallest absolute Gasteiger partial charge is 0.330 e. The molecule has 4 N–H and O–H groups in total. The molecule has 10 heteroatoms. The molecule has 0 spiro atoms. The van der Waals surface area contributed by atoms with Gasteiger partial charge in [0.25, 0.3) is 5.56 Å². The highest BCUT2D eigenvalue weighted by atomic mass is 35.5. The number of aromatic amines is 1. The second-order valence-electron chi connectivity index (χ2n) is 5.62. The topological polar surface area (TPSA) is 96.2 Å². The number of nitrogen functional groups attached to an aromatic ring is 1. The third kappa shape index (κ3) is 4.23. The summed E-state index contributed by atoms with van der Waals surface area (Å²) in [7, 11) is 1.54. The van der Waals surface area contributed by atoms with E-state index in [1.807, 2.05) is 6.92 Å². The maximum absolute atomic E-state index is 13.3. The molecule has 7 nitrogen and oxygen atoms in total. The molecule has 26 heavy (non-hydrogen) atoms. The van der Waals surface area contributed by atoms with Gasteiger partial charge >= 0.3 is 5.69 Å². The Morgan fingerprint density at radius 2 is 2.15 bits per heavy atom. The van der Waals surface area contributed by atoms with Crippen LogP contribution in [0.1, 0.15) is 19.8 Å². The highest BCUT2D eigenvalue weighted by Gasteiger charge is 2.19. The molecule has 0 radical (unpaired) electrons. The zero-order valence-corrected chi connectivity index (χ0v) is 15.9. The number of nitrogens with one attached hydrogen (secondary N) is 2. The Hall–Kier alpha value is -2.39. The molecular weight excluding hydrogens is 381 g/mol. The number of nitrogens with two attached hydrogens (primary N) is 1. The molecule has 0 aliphatic carbocycles. The fraction of sp³-hybridized carbons (Fsp3) is 0.312. The van der Waals surface area contributed by atoms with Crippen LogP contribution in [0.4, 0.5) is 21.6 Å². The number of anilines is 3. The van der Waals surface area contributed by atoms with Gasteiger partial charge in [-0.05, 0) is 36.8 Å². The number of rotatable bonds is 5. The molecule has 0 amide bonds. The van der Waals surface area contributed by atoms with E-state index in [4.69, 9.17) is 29.6 Å². The number of hydrogen-bond donors (Lipinski definition) is 3. The second kappa shape index (κ2) is 8.33. The maximum Gasteiger partial charge on any atom is 0.330 e. The van der Waals surface area contributed by atoms with Gasteiger partial charge in [-0.15, -0.1) is 0 Å². The predicted molar refractivity (Wildman–Crippen MR) is 107 cm³/mol. The van der Waals surface area contributed by atoms with E-state index in [0.717, 1.165) is 12.8 Å². The van der Waals surface area contributed by atoms with Crippen LogP contribution in [-0.4, -0.2) is 21.7 Å².